The maximum Gasteiger partial charge on any atom is 0.0669 e. The van der Waals surface area contributed by atoms with Gasteiger partial charge in [0.2, 0.25) is 0 Å². The van der Waals surface area contributed by atoms with E-state index < -0.39 is 0 Å². The number of aryl methyl sites for hydroxylation is 3. The molecule has 1 N–H and O–H groups in total. The van der Waals surface area contributed by atoms with E-state index in [1.165, 1.54) is 22.4 Å². The molecule has 0 aliphatic rings. The molecule has 0 fully saturated rings. The first-order chi connectivity index (χ1) is 9.67. The zero-order valence-electron chi connectivity index (χ0n) is 13.0. The molecule has 2 aromatic rings. The highest BCUT2D eigenvalue weighted by molar-refractivity contribution is 5.27. The van der Waals surface area contributed by atoms with E-state index in [9.17, 15) is 0 Å². The van der Waals surface area contributed by atoms with Crippen LogP contribution < -0.4 is 5.32 Å². The zero-order chi connectivity index (χ0) is 14.5. The van der Waals surface area contributed by atoms with Gasteiger partial charge in [-0.15, -0.1) is 0 Å². The molecule has 0 amide bonds. The molecule has 2 rings (SSSR count). The summed E-state index contributed by atoms with van der Waals surface area (Å²) >= 11 is 0. The molecule has 0 spiro atoms. The van der Waals surface area contributed by atoms with Gasteiger partial charge in [0.25, 0.3) is 0 Å². The molecule has 1 heterocycles. The van der Waals surface area contributed by atoms with Gasteiger partial charge in [-0.1, -0.05) is 38.1 Å². The predicted octanol–water partition coefficient (Wildman–Crippen LogP) is 3.05. The molecule has 0 saturated heterocycles. The molecule has 0 bridgehead atoms. The minimum absolute atomic E-state index is 0.325. The molecule has 0 aliphatic carbocycles. The fourth-order valence-corrected chi connectivity index (χ4v) is 2.63. The van der Waals surface area contributed by atoms with Crippen molar-refractivity contribution >= 4 is 0 Å². The molecule has 0 aliphatic heterocycles. The Labute approximate surface area is 122 Å². The number of hydrogen-bond acceptors (Lipinski definition) is 2. The lowest BCUT2D eigenvalue weighted by Crippen LogP contribution is -2.19. The van der Waals surface area contributed by atoms with Crippen LogP contribution in [0.15, 0.2) is 30.5 Å². The van der Waals surface area contributed by atoms with Crippen LogP contribution in [0.4, 0.5) is 0 Å². The van der Waals surface area contributed by atoms with Crippen molar-refractivity contribution in [1.29, 1.82) is 0 Å². The highest BCUT2D eigenvalue weighted by atomic mass is 15.3. The molecule has 1 aromatic heterocycles. The Morgan fingerprint density at radius 3 is 2.30 bits per heavy atom. The first-order valence-electron chi connectivity index (χ1n) is 7.45. The van der Waals surface area contributed by atoms with Crippen LogP contribution in [0, 0.1) is 0 Å². The summed E-state index contributed by atoms with van der Waals surface area (Å²) in [5.74, 6) is 0. The molecule has 3 nitrogen and oxygen atoms in total. The Balaban J connectivity index is 2.19. The first-order valence-corrected chi connectivity index (χ1v) is 7.45. The Kier molecular flexibility index (Phi) is 4.96. The van der Waals surface area contributed by atoms with Crippen molar-refractivity contribution in [2.45, 2.75) is 39.2 Å². The van der Waals surface area contributed by atoms with E-state index in [0.717, 1.165) is 19.3 Å². The molecular formula is C17H25N3. The normalized spacial score (nSPS) is 12.6. The smallest absolute Gasteiger partial charge is 0.0669 e. The summed E-state index contributed by atoms with van der Waals surface area (Å²) in [7, 11) is 4.02. The van der Waals surface area contributed by atoms with Gasteiger partial charge < -0.3 is 5.32 Å². The van der Waals surface area contributed by atoms with Gasteiger partial charge in [0.15, 0.2) is 0 Å². The SMILES string of the molecule is CCc1ccc(CC(NC)c2cn(C)nc2CC)cc1. The number of rotatable bonds is 6. The van der Waals surface area contributed by atoms with Gasteiger partial charge in [0, 0.05) is 24.8 Å². The van der Waals surface area contributed by atoms with Crippen LogP contribution in [0.1, 0.15) is 42.3 Å². The second-order valence-electron chi connectivity index (χ2n) is 5.27. The number of likely N-dealkylation sites (N-methyl/N-ethyl adjacent to an activating group) is 1. The summed E-state index contributed by atoms with van der Waals surface area (Å²) in [4.78, 5) is 0. The van der Waals surface area contributed by atoms with Crippen LogP contribution in [0.25, 0.3) is 0 Å². The Morgan fingerprint density at radius 1 is 1.10 bits per heavy atom. The van der Waals surface area contributed by atoms with Crippen molar-refractivity contribution in [3.05, 3.63) is 52.8 Å². The van der Waals surface area contributed by atoms with Gasteiger partial charge in [-0.3, -0.25) is 4.68 Å². The zero-order valence-corrected chi connectivity index (χ0v) is 13.0. The molecule has 1 atom stereocenters. The highest BCUT2D eigenvalue weighted by Gasteiger charge is 2.16. The molecule has 108 valence electrons. The summed E-state index contributed by atoms with van der Waals surface area (Å²) in [6.07, 6.45) is 5.21. The number of aromatic nitrogens is 2. The van der Waals surface area contributed by atoms with Crippen LogP contribution in [0.5, 0.6) is 0 Å². The molecule has 0 saturated carbocycles. The molecule has 1 aromatic carbocycles. The van der Waals surface area contributed by atoms with E-state index in [0.29, 0.717) is 6.04 Å². The van der Waals surface area contributed by atoms with Crippen molar-refractivity contribution in [3.63, 3.8) is 0 Å². The van der Waals surface area contributed by atoms with Gasteiger partial charge in [-0.25, -0.2) is 0 Å². The van der Waals surface area contributed by atoms with Crippen molar-refractivity contribution < 1.29 is 0 Å². The molecule has 3 heteroatoms. The predicted molar refractivity (Wildman–Crippen MR) is 83.9 cm³/mol. The van der Waals surface area contributed by atoms with Crippen molar-refractivity contribution in [2.24, 2.45) is 7.05 Å². The average molecular weight is 271 g/mol. The third-order valence-corrected chi connectivity index (χ3v) is 3.87. The van der Waals surface area contributed by atoms with Crippen molar-refractivity contribution in [1.82, 2.24) is 15.1 Å². The summed E-state index contributed by atoms with van der Waals surface area (Å²) in [5, 5.41) is 7.97. The van der Waals surface area contributed by atoms with Crippen LogP contribution in [0.2, 0.25) is 0 Å². The van der Waals surface area contributed by atoms with Gasteiger partial charge in [0.1, 0.15) is 0 Å². The molecular weight excluding hydrogens is 246 g/mol. The minimum Gasteiger partial charge on any atom is -0.313 e. The lowest BCUT2D eigenvalue weighted by Gasteiger charge is -2.16. The maximum atomic E-state index is 4.54. The Morgan fingerprint density at radius 2 is 1.75 bits per heavy atom. The monoisotopic (exact) mass is 271 g/mol. The lowest BCUT2D eigenvalue weighted by atomic mass is 9.97. The van der Waals surface area contributed by atoms with Gasteiger partial charge in [-0.05, 0) is 37.4 Å². The average Bonchev–Trinajstić information content (AvgIpc) is 2.86. The van der Waals surface area contributed by atoms with E-state index in [-0.39, 0.29) is 0 Å². The quantitative estimate of drug-likeness (QED) is 0.875. The topological polar surface area (TPSA) is 29.9 Å². The third-order valence-electron chi connectivity index (χ3n) is 3.87. The van der Waals surface area contributed by atoms with Gasteiger partial charge >= 0.3 is 0 Å². The number of nitrogens with zero attached hydrogens (tertiary/aromatic N) is 2. The van der Waals surface area contributed by atoms with E-state index in [2.05, 4.69) is 54.7 Å². The second kappa shape index (κ2) is 6.71. The lowest BCUT2D eigenvalue weighted by molar-refractivity contribution is 0.586. The van der Waals surface area contributed by atoms with E-state index in [4.69, 9.17) is 0 Å². The van der Waals surface area contributed by atoms with Gasteiger partial charge in [-0.2, -0.15) is 5.10 Å². The summed E-state index contributed by atoms with van der Waals surface area (Å²) in [6, 6.07) is 9.26. The largest absolute Gasteiger partial charge is 0.313 e. The Bertz CT molecular complexity index is 540. The molecule has 0 radical (unpaired) electrons. The molecule has 1 unspecified atom stereocenters. The standard InChI is InChI=1S/C17H25N3/c1-5-13-7-9-14(10-8-13)11-17(18-3)15-12-20(4)19-16(15)6-2/h7-10,12,17-18H,5-6,11H2,1-4H3. The maximum absolute atomic E-state index is 4.54. The summed E-state index contributed by atoms with van der Waals surface area (Å²) < 4.78 is 1.92. The van der Waals surface area contributed by atoms with Crippen molar-refractivity contribution in [3.8, 4) is 0 Å². The number of nitrogens with one attached hydrogen (secondary N) is 1. The fourth-order valence-electron chi connectivity index (χ4n) is 2.63. The second-order valence-corrected chi connectivity index (χ2v) is 5.27. The summed E-state index contributed by atoms with van der Waals surface area (Å²) in [6.45, 7) is 4.35. The van der Waals surface area contributed by atoms with Crippen LogP contribution >= 0.6 is 0 Å². The van der Waals surface area contributed by atoms with E-state index >= 15 is 0 Å². The fraction of sp³-hybridized carbons (Fsp3) is 0.471. The minimum atomic E-state index is 0.325. The van der Waals surface area contributed by atoms with Crippen LogP contribution in [-0.4, -0.2) is 16.8 Å². The van der Waals surface area contributed by atoms with Gasteiger partial charge in [0.05, 0.1) is 5.69 Å². The third kappa shape index (κ3) is 3.28. The molecule has 20 heavy (non-hydrogen) atoms. The van der Waals surface area contributed by atoms with Crippen LogP contribution in [-0.2, 0) is 26.3 Å². The number of hydrogen-bond donors (Lipinski definition) is 1. The van der Waals surface area contributed by atoms with E-state index in [1.54, 1.807) is 0 Å². The highest BCUT2D eigenvalue weighted by Crippen LogP contribution is 2.22. The van der Waals surface area contributed by atoms with Crippen LogP contribution in [0.3, 0.4) is 0 Å². The summed E-state index contributed by atoms with van der Waals surface area (Å²) in [5.41, 5.74) is 5.27. The first kappa shape index (κ1) is 14.8. The van der Waals surface area contributed by atoms with Crippen molar-refractivity contribution in [2.75, 3.05) is 7.05 Å². The Hall–Kier alpha value is -1.61. The van der Waals surface area contributed by atoms with E-state index in [1.807, 2.05) is 18.8 Å². The number of benzene rings is 1.